The standard InChI is InChI=1S/C16H23ClFNO/c1-19-13(6-7-14-4-2-3-9-20-14)10-12-5-8-16(18)15(17)11-12/h5,8,11,13-14,19H,2-4,6-7,9-10H2,1H3. The van der Waals surface area contributed by atoms with Crippen LogP contribution in [0.3, 0.4) is 0 Å². The van der Waals surface area contributed by atoms with E-state index in [2.05, 4.69) is 5.32 Å². The predicted molar refractivity (Wildman–Crippen MR) is 80.8 cm³/mol. The molecule has 4 heteroatoms. The zero-order chi connectivity index (χ0) is 14.4. The number of halogens is 2. The molecule has 2 unspecified atom stereocenters. The van der Waals surface area contributed by atoms with Crippen LogP contribution in [-0.4, -0.2) is 25.8 Å². The fourth-order valence-electron chi connectivity index (χ4n) is 2.72. The van der Waals surface area contributed by atoms with E-state index in [1.807, 2.05) is 13.1 Å². The summed E-state index contributed by atoms with van der Waals surface area (Å²) in [7, 11) is 1.97. The molecular formula is C16H23ClFNO. The molecule has 1 aromatic carbocycles. The first-order valence-corrected chi connectivity index (χ1v) is 7.79. The van der Waals surface area contributed by atoms with Crippen LogP contribution in [0.1, 0.15) is 37.7 Å². The van der Waals surface area contributed by atoms with Crippen molar-refractivity contribution in [2.75, 3.05) is 13.7 Å². The number of rotatable bonds is 6. The number of hydrogen-bond acceptors (Lipinski definition) is 2. The first kappa shape index (κ1) is 15.7. The van der Waals surface area contributed by atoms with Crippen LogP contribution in [0.15, 0.2) is 18.2 Å². The van der Waals surface area contributed by atoms with Crippen molar-refractivity contribution in [3.8, 4) is 0 Å². The van der Waals surface area contributed by atoms with Crippen LogP contribution in [0.2, 0.25) is 5.02 Å². The second-order valence-corrected chi connectivity index (χ2v) is 5.91. The van der Waals surface area contributed by atoms with Crippen molar-refractivity contribution in [2.24, 2.45) is 0 Å². The summed E-state index contributed by atoms with van der Waals surface area (Å²) in [6.07, 6.45) is 7.08. The summed E-state index contributed by atoms with van der Waals surface area (Å²) in [5.41, 5.74) is 1.07. The molecule has 2 atom stereocenters. The molecule has 1 aliphatic rings. The van der Waals surface area contributed by atoms with E-state index in [0.29, 0.717) is 12.1 Å². The molecule has 1 saturated heterocycles. The van der Waals surface area contributed by atoms with Gasteiger partial charge in [0.15, 0.2) is 0 Å². The molecule has 0 spiro atoms. The van der Waals surface area contributed by atoms with Gasteiger partial charge in [-0.25, -0.2) is 4.39 Å². The SMILES string of the molecule is CNC(CCC1CCCCO1)Cc1ccc(F)c(Cl)c1. The monoisotopic (exact) mass is 299 g/mol. The Hall–Kier alpha value is -0.640. The maximum absolute atomic E-state index is 13.1. The van der Waals surface area contributed by atoms with Gasteiger partial charge < -0.3 is 10.1 Å². The minimum absolute atomic E-state index is 0.202. The third-order valence-electron chi connectivity index (χ3n) is 3.99. The van der Waals surface area contributed by atoms with Crippen molar-refractivity contribution in [2.45, 2.75) is 50.7 Å². The number of nitrogens with one attached hydrogen (secondary N) is 1. The van der Waals surface area contributed by atoms with Crippen LogP contribution < -0.4 is 5.32 Å². The molecule has 0 aromatic heterocycles. The minimum atomic E-state index is -0.355. The second kappa shape index (κ2) is 7.96. The number of ether oxygens (including phenoxy) is 1. The number of likely N-dealkylation sites (N-methyl/N-ethyl adjacent to an activating group) is 1. The van der Waals surface area contributed by atoms with E-state index in [0.717, 1.165) is 31.4 Å². The van der Waals surface area contributed by atoms with E-state index in [1.165, 1.54) is 25.3 Å². The largest absolute Gasteiger partial charge is 0.378 e. The molecule has 2 rings (SSSR count). The van der Waals surface area contributed by atoms with Crippen molar-refractivity contribution < 1.29 is 9.13 Å². The third-order valence-corrected chi connectivity index (χ3v) is 4.28. The molecule has 0 aliphatic carbocycles. The summed E-state index contributed by atoms with van der Waals surface area (Å²) in [6, 6.07) is 5.34. The van der Waals surface area contributed by atoms with Gasteiger partial charge in [-0.2, -0.15) is 0 Å². The van der Waals surface area contributed by atoms with Gasteiger partial charge in [-0.15, -0.1) is 0 Å². The topological polar surface area (TPSA) is 21.3 Å². The average Bonchev–Trinajstić information content (AvgIpc) is 2.48. The van der Waals surface area contributed by atoms with Gasteiger partial charge in [-0.05, 0) is 63.3 Å². The highest BCUT2D eigenvalue weighted by Crippen LogP contribution is 2.20. The second-order valence-electron chi connectivity index (χ2n) is 5.50. The summed E-state index contributed by atoms with van der Waals surface area (Å²) in [6.45, 7) is 0.905. The predicted octanol–water partition coefficient (Wildman–Crippen LogP) is 3.96. The molecule has 1 N–H and O–H groups in total. The highest BCUT2D eigenvalue weighted by atomic mass is 35.5. The molecule has 1 fully saturated rings. The fraction of sp³-hybridized carbons (Fsp3) is 0.625. The zero-order valence-corrected chi connectivity index (χ0v) is 12.8. The lowest BCUT2D eigenvalue weighted by Crippen LogP contribution is -2.30. The van der Waals surface area contributed by atoms with Crippen LogP contribution in [0, 0.1) is 5.82 Å². The molecule has 0 radical (unpaired) electrons. The molecule has 0 amide bonds. The van der Waals surface area contributed by atoms with Gasteiger partial charge in [0.2, 0.25) is 0 Å². The Morgan fingerprint density at radius 3 is 2.95 bits per heavy atom. The summed E-state index contributed by atoms with van der Waals surface area (Å²) >= 11 is 5.82. The van der Waals surface area contributed by atoms with E-state index < -0.39 is 0 Å². The quantitative estimate of drug-likeness (QED) is 0.858. The summed E-state index contributed by atoms with van der Waals surface area (Å²) in [4.78, 5) is 0. The van der Waals surface area contributed by atoms with E-state index in [1.54, 1.807) is 6.07 Å². The fourth-order valence-corrected chi connectivity index (χ4v) is 2.92. The summed E-state index contributed by atoms with van der Waals surface area (Å²) < 4.78 is 18.9. The van der Waals surface area contributed by atoms with Crippen molar-refractivity contribution in [1.29, 1.82) is 0 Å². The molecule has 2 nitrogen and oxygen atoms in total. The normalized spacial score (nSPS) is 20.9. The Labute approximate surface area is 125 Å². The lowest BCUT2D eigenvalue weighted by molar-refractivity contribution is 0.00870. The van der Waals surface area contributed by atoms with Crippen molar-refractivity contribution in [3.05, 3.63) is 34.6 Å². The maximum Gasteiger partial charge on any atom is 0.141 e. The highest BCUT2D eigenvalue weighted by Gasteiger charge is 2.16. The van der Waals surface area contributed by atoms with Crippen LogP contribution >= 0.6 is 11.6 Å². The van der Waals surface area contributed by atoms with Gasteiger partial charge in [-0.3, -0.25) is 0 Å². The molecular weight excluding hydrogens is 277 g/mol. The first-order valence-electron chi connectivity index (χ1n) is 7.42. The van der Waals surface area contributed by atoms with Crippen LogP contribution in [0.4, 0.5) is 4.39 Å². The molecule has 112 valence electrons. The van der Waals surface area contributed by atoms with E-state index in [9.17, 15) is 4.39 Å². The van der Waals surface area contributed by atoms with Gasteiger partial charge in [0.25, 0.3) is 0 Å². The van der Waals surface area contributed by atoms with E-state index in [4.69, 9.17) is 16.3 Å². The van der Waals surface area contributed by atoms with Crippen LogP contribution in [0.5, 0.6) is 0 Å². The summed E-state index contributed by atoms with van der Waals surface area (Å²) in [5.74, 6) is -0.355. The van der Waals surface area contributed by atoms with Crippen LogP contribution in [-0.2, 0) is 11.2 Å². The molecule has 0 bridgehead atoms. The van der Waals surface area contributed by atoms with Gasteiger partial charge in [-0.1, -0.05) is 17.7 Å². The van der Waals surface area contributed by atoms with Crippen molar-refractivity contribution >= 4 is 11.6 Å². The van der Waals surface area contributed by atoms with Crippen molar-refractivity contribution in [1.82, 2.24) is 5.32 Å². The lowest BCUT2D eigenvalue weighted by atomic mass is 9.97. The minimum Gasteiger partial charge on any atom is -0.378 e. The Morgan fingerprint density at radius 2 is 2.30 bits per heavy atom. The molecule has 20 heavy (non-hydrogen) atoms. The third kappa shape index (κ3) is 4.72. The lowest BCUT2D eigenvalue weighted by Gasteiger charge is -2.25. The number of benzene rings is 1. The van der Waals surface area contributed by atoms with Gasteiger partial charge in [0.1, 0.15) is 5.82 Å². The molecule has 0 saturated carbocycles. The van der Waals surface area contributed by atoms with Crippen LogP contribution in [0.25, 0.3) is 0 Å². The Balaban J connectivity index is 1.83. The van der Waals surface area contributed by atoms with E-state index in [-0.39, 0.29) is 10.8 Å². The zero-order valence-electron chi connectivity index (χ0n) is 12.0. The number of hydrogen-bond donors (Lipinski definition) is 1. The maximum atomic E-state index is 13.1. The van der Waals surface area contributed by atoms with Gasteiger partial charge in [0, 0.05) is 12.6 Å². The highest BCUT2D eigenvalue weighted by molar-refractivity contribution is 6.30. The Kier molecular flexibility index (Phi) is 6.27. The molecule has 1 aliphatic heterocycles. The first-order chi connectivity index (χ1) is 9.69. The van der Waals surface area contributed by atoms with Gasteiger partial charge in [0.05, 0.1) is 11.1 Å². The van der Waals surface area contributed by atoms with Crippen molar-refractivity contribution in [3.63, 3.8) is 0 Å². The van der Waals surface area contributed by atoms with E-state index >= 15 is 0 Å². The summed E-state index contributed by atoms with van der Waals surface area (Å²) in [5, 5.41) is 3.53. The Morgan fingerprint density at radius 1 is 1.45 bits per heavy atom. The van der Waals surface area contributed by atoms with Gasteiger partial charge >= 0.3 is 0 Å². The molecule has 1 heterocycles. The smallest absolute Gasteiger partial charge is 0.141 e. The average molecular weight is 300 g/mol. The Bertz CT molecular complexity index is 421. The molecule has 1 aromatic rings.